The Bertz CT molecular complexity index is 692. The highest BCUT2D eigenvalue weighted by Gasteiger charge is 2.23. The van der Waals surface area contributed by atoms with Crippen molar-refractivity contribution < 1.29 is 9.53 Å². The highest BCUT2D eigenvalue weighted by Crippen LogP contribution is 2.27. The van der Waals surface area contributed by atoms with Crippen molar-refractivity contribution in [2.75, 3.05) is 26.2 Å². The maximum atomic E-state index is 12.3. The minimum absolute atomic E-state index is 0.0538. The molecule has 1 atom stereocenters. The van der Waals surface area contributed by atoms with Crippen LogP contribution in [0.3, 0.4) is 0 Å². The second kappa shape index (κ2) is 9.90. The Labute approximate surface area is 166 Å². The molecule has 1 saturated heterocycles. The fraction of sp³-hybridized carbons (Fsp3) is 0.500. The van der Waals surface area contributed by atoms with Gasteiger partial charge in [0.25, 0.3) is 5.91 Å². The number of piperidine rings is 1. The molecule has 0 spiro atoms. The Morgan fingerprint density at radius 3 is 2.52 bits per heavy atom. The van der Waals surface area contributed by atoms with Crippen molar-refractivity contribution in [1.82, 2.24) is 10.2 Å². The molecular weight excluding hydrogens is 356 g/mol. The summed E-state index contributed by atoms with van der Waals surface area (Å²) in [4.78, 5) is 16.1. The van der Waals surface area contributed by atoms with Crippen molar-refractivity contribution in [3.8, 4) is 5.75 Å². The van der Waals surface area contributed by atoms with Crippen LogP contribution in [0.2, 0.25) is 0 Å². The third kappa shape index (κ3) is 5.81. The fourth-order valence-corrected chi connectivity index (χ4v) is 4.34. The minimum atomic E-state index is -0.0681. The van der Waals surface area contributed by atoms with Gasteiger partial charge in [-0.3, -0.25) is 9.69 Å². The van der Waals surface area contributed by atoms with Crippen molar-refractivity contribution in [3.63, 3.8) is 0 Å². The number of benzene rings is 1. The van der Waals surface area contributed by atoms with Gasteiger partial charge in [-0.1, -0.05) is 38.5 Å². The second-order valence-electron chi connectivity index (χ2n) is 7.44. The van der Waals surface area contributed by atoms with E-state index in [2.05, 4.69) is 53.7 Å². The zero-order valence-corrected chi connectivity index (χ0v) is 17.1. The minimum Gasteiger partial charge on any atom is -0.484 e. The monoisotopic (exact) mass is 386 g/mol. The summed E-state index contributed by atoms with van der Waals surface area (Å²) in [5.74, 6) is 1.16. The molecule has 0 saturated carbocycles. The van der Waals surface area contributed by atoms with Crippen molar-refractivity contribution in [2.45, 2.75) is 45.1 Å². The van der Waals surface area contributed by atoms with Gasteiger partial charge >= 0.3 is 0 Å². The lowest BCUT2D eigenvalue weighted by Gasteiger charge is -2.34. The summed E-state index contributed by atoms with van der Waals surface area (Å²) >= 11 is 1.77. The maximum Gasteiger partial charge on any atom is 0.258 e. The predicted molar refractivity (Wildman–Crippen MR) is 112 cm³/mol. The number of hydrogen-bond donors (Lipinski definition) is 1. The largest absolute Gasteiger partial charge is 0.484 e. The Balaban J connectivity index is 1.50. The molecule has 0 unspecified atom stereocenters. The quantitative estimate of drug-likeness (QED) is 0.721. The first-order valence-corrected chi connectivity index (χ1v) is 10.8. The normalized spacial score (nSPS) is 16.3. The molecule has 1 aliphatic rings. The highest BCUT2D eigenvalue weighted by atomic mass is 32.1. The van der Waals surface area contributed by atoms with Gasteiger partial charge in [-0.2, -0.15) is 0 Å². The molecule has 1 aromatic heterocycles. The van der Waals surface area contributed by atoms with E-state index in [1.807, 2.05) is 12.1 Å². The van der Waals surface area contributed by atoms with E-state index in [0.717, 1.165) is 18.8 Å². The molecule has 3 rings (SSSR count). The summed E-state index contributed by atoms with van der Waals surface area (Å²) in [6, 6.07) is 12.5. The van der Waals surface area contributed by atoms with Crippen LogP contribution in [0.4, 0.5) is 0 Å². The lowest BCUT2D eigenvalue weighted by molar-refractivity contribution is -0.123. The predicted octanol–water partition coefficient (Wildman–Crippen LogP) is 4.59. The molecule has 1 aromatic carbocycles. The Hall–Kier alpha value is -1.85. The number of hydrogen-bond acceptors (Lipinski definition) is 4. The average Bonchev–Trinajstić information content (AvgIpc) is 3.22. The van der Waals surface area contributed by atoms with Crippen LogP contribution in [-0.2, 0) is 4.79 Å². The van der Waals surface area contributed by atoms with E-state index in [0.29, 0.717) is 12.5 Å². The van der Waals surface area contributed by atoms with Crippen LogP contribution < -0.4 is 10.1 Å². The number of nitrogens with one attached hydrogen (secondary N) is 1. The third-order valence-electron chi connectivity index (χ3n) is 5.11. The molecular formula is C22H30N2O2S. The molecule has 2 aromatic rings. The van der Waals surface area contributed by atoms with Crippen molar-refractivity contribution in [1.29, 1.82) is 0 Å². The van der Waals surface area contributed by atoms with E-state index in [9.17, 15) is 4.79 Å². The van der Waals surface area contributed by atoms with E-state index >= 15 is 0 Å². The molecule has 0 aliphatic carbocycles. The molecule has 1 amide bonds. The first kappa shape index (κ1) is 19.9. The van der Waals surface area contributed by atoms with Crippen molar-refractivity contribution in [3.05, 3.63) is 52.2 Å². The Kier molecular flexibility index (Phi) is 7.30. The van der Waals surface area contributed by atoms with E-state index in [1.54, 1.807) is 11.3 Å². The topological polar surface area (TPSA) is 41.6 Å². The molecule has 0 radical (unpaired) electrons. The Morgan fingerprint density at radius 2 is 1.89 bits per heavy atom. The van der Waals surface area contributed by atoms with E-state index in [4.69, 9.17) is 4.74 Å². The number of rotatable bonds is 8. The van der Waals surface area contributed by atoms with Crippen LogP contribution in [0.5, 0.6) is 5.75 Å². The van der Waals surface area contributed by atoms with Crippen LogP contribution in [0.1, 0.15) is 55.5 Å². The zero-order chi connectivity index (χ0) is 19.1. The molecule has 4 nitrogen and oxygen atoms in total. The maximum absolute atomic E-state index is 12.3. The third-order valence-corrected chi connectivity index (χ3v) is 6.09. The molecule has 5 heteroatoms. The Morgan fingerprint density at radius 1 is 1.15 bits per heavy atom. The zero-order valence-electron chi connectivity index (χ0n) is 16.3. The number of carbonyl (C=O) groups excluding carboxylic acids is 1. The van der Waals surface area contributed by atoms with Gasteiger partial charge in [0, 0.05) is 11.4 Å². The van der Waals surface area contributed by atoms with E-state index in [-0.39, 0.29) is 18.6 Å². The first-order valence-electron chi connectivity index (χ1n) is 9.90. The van der Waals surface area contributed by atoms with Crippen molar-refractivity contribution in [2.24, 2.45) is 0 Å². The van der Waals surface area contributed by atoms with Gasteiger partial charge in [0.15, 0.2) is 6.61 Å². The van der Waals surface area contributed by atoms with Gasteiger partial charge in [-0.25, -0.2) is 0 Å². The van der Waals surface area contributed by atoms with Gasteiger partial charge < -0.3 is 10.1 Å². The molecule has 1 N–H and O–H groups in total. The van der Waals surface area contributed by atoms with Crippen LogP contribution in [0.15, 0.2) is 41.8 Å². The molecule has 1 fully saturated rings. The number of thiophene rings is 1. The molecule has 146 valence electrons. The van der Waals surface area contributed by atoms with Gasteiger partial charge in [0.1, 0.15) is 5.75 Å². The van der Waals surface area contributed by atoms with Crippen LogP contribution in [-0.4, -0.2) is 37.0 Å². The number of likely N-dealkylation sites (tertiary alicyclic amines) is 1. The first-order chi connectivity index (χ1) is 13.1. The van der Waals surface area contributed by atoms with Gasteiger partial charge in [-0.15, -0.1) is 11.3 Å². The number of carbonyl (C=O) groups is 1. The van der Waals surface area contributed by atoms with Gasteiger partial charge in [0.2, 0.25) is 0 Å². The molecule has 1 aliphatic heterocycles. The van der Waals surface area contributed by atoms with E-state index in [1.165, 1.54) is 29.7 Å². The lowest BCUT2D eigenvalue weighted by atomic mass is 10.0. The van der Waals surface area contributed by atoms with Crippen LogP contribution in [0.25, 0.3) is 0 Å². The SMILES string of the molecule is CC(C)c1ccc(OCC(=O)NC[C@H](c2cccs2)N2CCCCC2)cc1. The second-order valence-corrected chi connectivity index (χ2v) is 8.42. The lowest BCUT2D eigenvalue weighted by Crippen LogP contribution is -2.41. The summed E-state index contributed by atoms with van der Waals surface area (Å²) in [7, 11) is 0. The molecule has 2 heterocycles. The fourth-order valence-electron chi connectivity index (χ4n) is 3.48. The summed E-state index contributed by atoms with van der Waals surface area (Å²) in [6.07, 6.45) is 3.79. The van der Waals surface area contributed by atoms with E-state index < -0.39 is 0 Å². The van der Waals surface area contributed by atoms with Crippen LogP contribution in [0, 0.1) is 0 Å². The van der Waals surface area contributed by atoms with Crippen LogP contribution >= 0.6 is 11.3 Å². The molecule has 0 bridgehead atoms. The smallest absolute Gasteiger partial charge is 0.258 e. The standard InChI is InChI=1S/C22H30N2O2S/c1-17(2)18-8-10-19(11-9-18)26-16-22(25)23-15-20(21-7-6-14-27-21)24-12-4-3-5-13-24/h6-11,14,17,20H,3-5,12-13,15-16H2,1-2H3,(H,23,25)/t20-/m1/s1. The summed E-state index contributed by atoms with van der Waals surface area (Å²) in [6.45, 7) is 7.23. The van der Waals surface area contributed by atoms with Crippen molar-refractivity contribution >= 4 is 17.2 Å². The summed E-state index contributed by atoms with van der Waals surface area (Å²) in [5, 5.41) is 5.18. The van der Waals surface area contributed by atoms with Gasteiger partial charge in [-0.05, 0) is 61.0 Å². The average molecular weight is 387 g/mol. The van der Waals surface area contributed by atoms with Gasteiger partial charge in [0.05, 0.1) is 6.04 Å². The summed E-state index contributed by atoms with van der Waals surface area (Å²) < 4.78 is 5.65. The highest BCUT2D eigenvalue weighted by molar-refractivity contribution is 7.10. The number of nitrogens with zero attached hydrogens (tertiary/aromatic N) is 1. The summed E-state index contributed by atoms with van der Waals surface area (Å²) in [5.41, 5.74) is 1.27. The molecule has 27 heavy (non-hydrogen) atoms. The number of amides is 1. The number of ether oxygens (including phenoxy) is 1.